The van der Waals surface area contributed by atoms with Crippen molar-refractivity contribution in [1.82, 2.24) is 25.5 Å². The van der Waals surface area contributed by atoms with E-state index in [2.05, 4.69) is 20.8 Å². The fraction of sp³-hybridized carbons (Fsp3) is 0.529. The summed E-state index contributed by atoms with van der Waals surface area (Å²) in [5.41, 5.74) is 0.723. The van der Waals surface area contributed by atoms with Crippen molar-refractivity contribution in [3.8, 4) is 0 Å². The van der Waals surface area contributed by atoms with E-state index in [9.17, 15) is 9.18 Å². The smallest absolute Gasteiger partial charge is 0.238 e. The summed E-state index contributed by atoms with van der Waals surface area (Å²) >= 11 is 1.28. The maximum Gasteiger partial charge on any atom is 0.238 e. The standard InChI is InChI=1S/C17H20FN5O2S/c18-12-5-3-11(4-6-12)15(16(24)19-13-7-8-13)26-17-20-21-22-23(17)10-14-2-1-9-25-14/h3-6,13-15H,1-2,7-10H2,(H,19,24)/t14-,15+/m0/s1. The van der Waals surface area contributed by atoms with Gasteiger partial charge in [-0.25, -0.2) is 9.07 Å². The highest BCUT2D eigenvalue weighted by molar-refractivity contribution is 8.00. The first-order valence-corrected chi connectivity index (χ1v) is 9.67. The van der Waals surface area contributed by atoms with Crippen molar-refractivity contribution in [2.24, 2.45) is 0 Å². The van der Waals surface area contributed by atoms with Crippen molar-refractivity contribution in [3.05, 3.63) is 35.6 Å². The fourth-order valence-electron chi connectivity index (χ4n) is 2.90. The van der Waals surface area contributed by atoms with E-state index in [1.807, 2.05) is 0 Å². The van der Waals surface area contributed by atoms with E-state index in [0.717, 1.165) is 37.9 Å². The van der Waals surface area contributed by atoms with Gasteiger partial charge in [-0.05, 0) is 53.8 Å². The van der Waals surface area contributed by atoms with E-state index >= 15 is 0 Å². The third kappa shape index (κ3) is 4.21. The van der Waals surface area contributed by atoms with E-state index in [-0.39, 0.29) is 23.9 Å². The average molecular weight is 377 g/mol. The second-order valence-electron chi connectivity index (χ2n) is 6.61. The molecule has 9 heteroatoms. The Morgan fingerprint density at radius 1 is 1.35 bits per heavy atom. The number of nitrogens with one attached hydrogen (secondary N) is 1. The molecule has 2 fully saturated rings. The Kier molecular flexibility index (Phi) is 5.16. The number of nitrogens with zero attached hydrogens (tertiary/aromatic N) is 4. The van der Waals surface area contributed by atoms with Gasteiger partial charge in [-0.15, -0.1) is 5.10 Å². The number of hydrogen-bond acceptors (Lipinski definition) is 6. The minimum atomic E-state index is -0.537. The average Bonchev–Trinajstić information content (AvgIpc) is 3.11. The zero-order chi connectivity index (χ0) is 17.9. The highest BCUT2D eigenvalue weighted by Gasteiger charge is 2.31. The van der Waals surface area contributed by atoms with Crippen LogP contribution < -0.4 is 5.32 Å². The molecule has 1 amide bonds. The SMILES string of the molecule is O=C(NC1CC1)[C@H](Sc1nnnn1C[C@@H]1CCCO1)c1ccc(F)cc1. The molecule has 2 aromatic rings. The highest BCUT2D eigenvalue weighted by atomic mass is 32.2. The number of ether oxygens (including phenoxy) is 1. The molecule has 2 aliphatic rings. The number of halogens is 1. The van der Waals surface area contributed by atoms with Crippen LogP contribution in [-0.2, 0) is 16.1 Å². The molecule has 2 heterocycles. The molecule has 4 rings (SSSR count). The van der Waals surface area contributed by atoms with Gasteiger partial charge in [0, 0.05) is 12.6 Å². The maximum atomic E-state index is 13.3. The molecule has 1 aliphatic heterocycles. The van der Waals surface area contributed by atoms with Gasteiger partial charge in [0.15, 0.2) is 0 Å². The first-order valence-electron chi connectivity index (χ1n) is 8.79. The largest absolute Gasteiger partial charge is 0.376 e. The molecular weight excluding hydrogens is 357 g/mol. The molecule has 1 aromatic carbocycles. The van der Waals surface area contributed by atoms with Crippen LogP contribution in [0.5, 0.6) is 0 Å². The predicted molar refractivity (Wildman–Crippen MR) is 93.0 cm³/mol. The van der Waals surface area contributed by atoms with E-state index in [1.165, 1.54) is 23.9 Å². The first kappa shape index (κ1) is 17.4. The lowest BCUT2D eigenvalue weighted by atomic mass is 10.1. The minimum Gasteiger partial charge on any atom is -0.376 e. The molecule has 1 aliphatic carbocycles. The number of benzene rings is 1. The summed E-state index contributed by atoms with van der Waals surface area (Å²) < 4.78 is 20.6. The highest BCUT2D eigenvalue weighted by Crippen LogP contribution is 2.35. The number of carbonyl (C=O) groups excluding carboxylic acids is 1. The Bertz CT molecular complexity index is 759. The van der Waals surface area contributed by atoms with Crippen LogP contribution in [0.25, 0.3) is 0 Å². The molecule has 26 heavy (non-hydrogen) atoms. The number of rotatable bonds is 7. The van der Waals surface area contributed by atoms with Crippen LogP contribution in [0.4, 0.5) is 4.39 Å². The van der Waals surface area contributed by atoms with Crippen molar-refractivity contribution < 1.29 is 13.9 Å². The van der Waals surface area contributed by atoms with Crippen LogP contribution in [0.1, 0.15) is 36.5 Å². The van der Waals surface area contributed by atoms with Gasteiger partial charge >= 0.3 is 0 Å². The fourth-order valence-corrected chi connectivity index (χ4v) is 3.89. The van der Waals surface area contributed by atoms with Gasteiger partial charge in [0.2, 0.25) is 11.1 Å². The monoisotopic (exact) mass is 377 g/mol. The number of amides is 1. The molecule has 0 radical (unpaired) electrons. The number of carbonyl (C=O) groups is 1. The van der Waals surface area contributed by atoms with Gasteiger partial charge in [0.25, 0.3) is 0 Å². The second-order valence-corrected chi connectivity index (χ2v) is 7.68. The molecular formula is C17H20FN5O2S. The van der Waals surface area contributed by atoms with Gasteiger partial charge in [0.1, 0.15) is 11.1 Å². The summed E-state index contributed by atoms with van der Waals surface area (Å²) in [7, 11) is 0. The summed E-state index contributed by atoms with van der Waals surface area (Å²) in [6, 6.07) is 6.24. The normalized spacial score (nSPS) is 20.9. The zero-order valence-electron chi connectivity index (χ0n) is 14.2. The Labute approximate surface area is 154 Å². The van der Waals surface area contributed by atoms with E-state index in [4.69, 9.17) is 4.74 Å². The molecule has 1 saturated heterocycles. The molecule has 1 saturated carbocycles. The number of thioether (sulfide) groups is 1. The third-order valence-corrected chi connectivity index (χ3v) is 5.68. The number of tetrazole rings is 1. The molecule has 0 unspecified atom stereocenters. The molecule has 138 valence electrons. The maximum absolute atomic E-state index is 13.3. The summed E-state index contributed by atoms with van der Waals surface area (Å²) in [6.07, 6.45) is 4.12. The Hall–Kier alpha value is -2.00. The minimum absolute atomic E-state index is 0.0995. The first-order chi connectivity index (χ1) is 12.7. The van der Waals surface area contributed by atoms with Crippen LogP contribution in [-0.4, -0.2) is 44.9 Å². The van der Waals surface area contributed by atoms with E-state index in [1.54, 1.807) is 16.8 Å². The molecule has 0 spiro atoms. The predicted octanol–water partition coefficient (Wildman–Crippen LogP) is 2.10. The van der Waals surface area contributed by atoms with Crippen molar-refractivity contribution in [1.29, 1.82) is 0 Å². The van der Waals surface area contributed by atoms with Gasteiger partial charge < -0.3 is 10.1 Å². The van der Waals surface area contributed by atoms with Crippen LogP contribution in [0.15, 0.2) is 29.4 Å². The van der Waals surface area contributed by atoms with Gasteiger partial charge in [0.05, 0.1) is 12.6 Å². The van der Waals surface area contributed by atoms with E-state index in [0.29, 0.717) is 11.7 Å². The second kappa shape index (κ2) is 7.71. The van der Waals surface area contributed by atoms with Crippen molar-refractivity contribution in [3.63, 3.8) is 0 Å². The number of aromatic nitrogens is 4. The zero-order valence-corrected chi connectivity index (χ0v) is 15.0. The lowest BCUT2D eigenvalue weighted by Gasteiger charge is -2.17. The quantitative estimate of drug-likeness (QED) is 0.744. The summed E-state index contributed by atoms with van der Waals surface area (Å²) in [5.74, 6) is -0.431. The van der Waals surface area contributed by atoms with Crippen molar-refractivity contribution in [2.75, 3.05) is 6.61 Å². The molecule has 1 aromatic heterocycles. The molecule has 2 atom stereocenters. The molecule has 0 bridgehead atoms. The summed E-state index contributed by atoms with van der Waals surface area (Å²) in [6.45, 7) is 1.33. The number of hydrogen-bond donors (Lipinski definition) is 1. The van der Waals surface area contributed by atoms with Gasteiger partial charge in [-0.1, -0.05) is 23.9 Å². The van der Waals surface area contributed by atoms with Crippen LogP contribution in [0, 0.1) is 5.82 Å². The van der Waals surface area contributed by atoms with E-state index < -0.39 is 5.25 Å². The van der Waals surface area contributed by atoms with Gasteiger partial charge in [-0.2, -0.15) is 0 Å². The molecule has 7 nitrogen and oxygen atoms in total. The third-order valence-electron chi connectivity index (χ3n) is 4.46. The summed E-state index contributed by atoms with van der Waals surface area (Å²) in [5, 5.41) is 14.9. The lowest BCUT2D eigenvalue weighted by molar-refractivity contribution is -0.120. The van der Waals surface area contributed by atoms with Gasteiger partial charge in [-0.3, -0.25) is 4.79 Å². The Morgan fingerprint density at radius 3 is 2.85 bits per heavy atom. The Morgan fingerprint density at radius 2 is 2.15 bits per heavy atom. The van der Waals surface area contributed by atoms with Crippen LogP contribution >= 0.6 is 11.8 Å². The topological polar surface area (TPSA) is 81.9 Å². The lowest BCUT2D eigenvalue weighted by Crippen LogP contribution is -2.30. The van der Waals surface area contributed by atoms with Crippen molar-refractivity contribution >= 4 is 17.7 Å². The molecule has 1 N–H and O–H groups in total. The Balaban J connectivity index is 1.53. The van der Waals surface area contributed by atoms with Crippen LogP contribution in [0.3, 0.4) is 0 Å². The van der Waals surface area contributed by atoms with Crippen molar-refractivity contribution in [2.45, 2.75) is 54.8 Å². The van der Waals surface area contributed by atoms with Crippen LogP contribution in [0.2, 0.25) is 0 Å². The summed E-state index contributed by atoms with van der Waals surface area (Å²) in [4.78, 5) is 12.7.